The maximum Gasteiger partial charge on any atom is 0.225 e. The van der Waals surface area contributed by atoms with Crippen LogP contribution in [0.1, 0.15) is 84.0 Å². The zero-order valence-corrected chi connectivity index (χ0v) is 17.2. The fourth-order valence-electron chi connectivity index (χ4n) is 5.28. The van der Waals surface area contributed by atoms with Crippen molar-refractivity contribution in [3.8, 4) is 0 Å². The van der Waals surface area contributed by atoms with Gasteiger partial charge in [-0.2, -0.15) is 0 Å². The van der Waals surface area contributed by atoms with E-state index in [1.807, 2.05) is 0 Å². The second-order valence-electron chi connectivity index (χ2n) is 9.00. The smallest absolute Gasteiger partial charge is 0.225 e. The lowest BCUT2D eigenvalue weighted by Crippen LogP contribution is -2.47. The fourth-order valence-corrected chi connectivity index (χ4v) is 5.28. The first-order valence-corrected chi connectivity index (χ1v) is 11.5. The Hall–Kier alpha value is -1.10. The highest BCUT2D eigenvalue weighted by molar-refractivity contribution is 5.79. The molecular formula is C22H39N3O2. The van der Waals surface area contributed by atoms with Crippen molar-refractivity contribution >= 4 is 11.8 Å². The van der Waals surface area contributed by atoms with Crippen LogP contribution < -0.4 is 10.6 Å². The third kappa shape index (κ3) is 5.94. The predicted molar refractivity (Wildman–Crippen MR) is 108 cm³/mol. The largest absolute Gasteiger partial charge is 0.353 e. The van der Waals surface area contributed by atoms with E-state index in [2.05, 4.69) is 22.5 Å². The zero-order chi connectivity index (χ0) is 19.1. The van der Waals surface area contributed by atoms with Crippen LogP contribution in [-0.4, -0.2) is 48.4 Å². The van der Waals surface area contributed by atoms with Crippen LogP contribution in [0.4, 0.5) is 0 Å². The summed E-state index contributed by atoms with van der Waals surface area (Å²) in [6, 6.07) is 0.656. The highest BCUT2D eigenvalue weighted by atomic mass is 16.2. The van der Waals surface area contributed by atoms with Gasteiger partial charge in [-0.25, -0.2) is 0 Å². The molecule has 2 saturated carbocycles. The van der Waals surface area contributed by atoms with E-state index < -0.39 is 0 Å². The summed E-state index contributed by atoms with van der Waals surface area (Å²) in [5.74, 6) is 1.35. The van der Waals surface area contributed by atoms with Crippen molar-refractivity contribution in [1.29, 1.82) is 0 Å². The van der Waals surface area contributed by atoms with Crippen molar-refractivity contribution in [2.75, 3.05) is 19.6 Å². The van der Waals surface area contributed by atoms with E-state index in [0.717, 1.165) is 58.2 Å². The summed E-state index contributed by atoms with van der Waals surface area (Å²) in [6.07, 6.45) is 12.9. The molecule has 154 valence electrons. The minimum absolute atomic E-state index is 0.156. The van der Waals surface area contributed by atoms with Gasteiger partial charge < -0.3 is 15.5 Å². The molecule has 1 aliphatic heterocycles. The summed E-state index contributed by atoms with van der Waals surface area (Å²) in [5.41, 5.74) is 0. The first-order valence-electron chi connectivity index (χ1n) is 11.5. The number of carbonyl (C=O) groups is 2. The van der Waals surface area contributed by atoms with E-state index in [1.54, 1.807) is 0 Å². The molecule has 3 fully saturated rings. The first-order chi connectivity index (χ1) is 13.2. The van der Waals surface area contributed by atoms with Crippen molar-refractivity contribution in [2.24, 2.45) is 11.8 Å². The minimum Gasteiger partial charge on any atom is -0.353 e. The maximum atomic E-state index is 13.1. The van der Waals surface area contributed by atoms with Gasteiger partial charge in [-0.05, 0) is 63.8 Å². The third-order valence-electron chi connectivity index (χ3n) is 6.86. The Labute approximate surface area is 165 Å². The number of nitrogens with one attached hydrogen (secondary N) is 2. The Balaban J connectivity index is 1.41. The quantitative estimate of drug-likeness (QED) is 0.716. The van der Waals surface area contributed by atoms with E-state index in [4.69, 9.17) is 0 Å². The lowest BCUT2D eigenvalue weighted by molar-refractivity contribution is -0.138. The Morgan fingerprint density at radius 3 is 2.37 bits per heavy atom. The molecular weight excluding hydrogens is 338 g/mol. The number of hydrogen-bond donors (Lipinski definition) is 2. The maximum absolute atomic E-state index is 13.1. The van der Waals surface area contributed by atoms with Gasteiger partial charge in [0.25, 0.3) is 0 Å². The average Bonchev–Trinajstić information content (AvgIpc) is 3.21. The molecule has 0 spiro atoms. The summed E-state index contributed by atoms with van der Waals surface area (Å²) in [6.45, 7) is 5.00. The molecule has 1 unspecified atom stereocenters. The Morgan fingerprint density at radius 2 is 1.74 bits per heavy atom. The van der Waals surface area contributed by atoms with Crippen LogP contribution >= 0.6 is 0 Å². The Morgan fingerprint density at radius 1 is 1.00 bits per heavy atom. The van der Waals surface area contributed by atoms with Gasteiger partial charge in [0, 0.05) is 37.5 Å². The van der Waals surface area contributed by atoms with E-state index in [-0.39, 0.29) is 17.9 Å². The van der Waals surface area contributed by atoms with Crippen LogP contribution in [0.25, 0.3) is 0 Å². The Kier molecular flexibility index (Phi) is 7.98. The number of hydrogen-bond acceptors (Lipinski definition) is 3. The van der Waals surface area contributed by atoms with Gasteiger partial charge in [0.15, 0.2) is 0 Å². The van der Waals surface area contributed by atoms with Crippen LogP contribution in [0, 0.1) is 11.8 Å². The van der Waals surface area contributed by atoms with Crippen molar-refractivity contribution in [1.82, 2.24) is 15.5 Å². The third-order valence-corrected chi connectivity index (χ3v) is 6.86. The van der Waals surface area contributed by atoms with Crippen molar-refractivity contribution in [3.05, 3.63) is 0 Å². The molecule has 2 N–H and O–H groups in total. The monoisotopic (exact) mass is 377 g/mol. The molecule has 1 atom stereocenters. The molecule has 2 aliphatic carbocycles. The molecule has 0 aromatic rings. The zero-order valence-electron chi connectivity index (χ0n) is 17.2. The molecule has 0 aromatic carbocycles. The molecule has 0 bridgehead atoms. The normalized spacial score (nSPS) is 29.4. The molecule has 3 rings (SSSR count). The van der Waals surface area contributed by atoms with E-state index in [1.165, 1.54) is 32.1 Å². The molecule has 0 aromatic heterocycles. The lowest BCUT2D eigenvalue weighted by Gasteiger charge is -2.35. The van der Waals surface area contributed by atoms with Crippen LogP contribution in [0.2, 0.25) is 0 Å². The second-order valence-corrected chi connectivity index (χ2v) is 9.00. The van der Waals surface area contributed by atoms with Gasteiger partial charge in [0.2, 0.25) is 11.8 Å². The number of rotatable bonds is 7. The first kappa shape index (κ1) is 20.6. The molecule has 1 heterocycles. The topological polar surface area (TPSA) is 61.4 Å². The minimum atomic E-state index is 0.156. The molecule has 1 saturated heterocycles. The fraction of sp³-hybridized carbons (Fsp3) is 0.909. The number of nitrogens with zero attached hydrogens (tertiary/aromatic N) is 1. The van der Waals surface area contributed by atoms with Gasteiger partial charge >= 0.3 is 0 Å². The van der Waals surface area contributed by atoms with Crippen molar-refractivity contribution in [2.45, 2.75) is 96.1 Å². The SMILES string of the molecule is CCCN(C(=O)C1CCC(NC(=O)CC2CCCCC2)CC1)C1CCNC1. The molecule has 27 heavy (non-hydrogen) atoms. The highest BCUT2D eigenvalue weighted by Gasteiger charge is 2.33. The van der Waals surface area contributed by atoms with E-state index in [9.17, 15) is 9.59 Å². The number of carbonyl (C=O) groups excluding carboxylic acids is 2. The average molecular weight is 378 g/mol. The van der Waals surface area contributed by atoms with Crippen LogP contribution in [0.15, 0.2) is 0 Å². The molecule has 5 nitrogen and oxygen atoms in total. The summed E-state index contributed by atoms with van der Waals surface area (Å²) in [4.78, 5) is 27.6. The molecule has 3 aliphatic rings. The number of amides is 2. The predicted octanol–water partition coefficient (Wildman–Crippen LogP) is 3.23. The molecule has 5 heteroatoms. The summed E-state index contributed by atoms with van der Waals surface area (Å²) in [5, 5.41) is 6.65. The van der Waals surface area contributed by atoms with E-state index in [0.29, 0.717) is 24.3 Å². The summed E-state index contributed by atoms with van der Waals surface area (Å²) >= 11 is 0. The second kappa shape index (κ2) is 10.4. The lowest BCUT2D eigenvalue weighted by atomic mass is 9.84. The van der Waals surface area contributed by atoms with Crippen molar-refractivity contribution < 1.29 is 9.59 Å². The van der Waals surface area contributed by atoms with Crippen molar-refractivity contribution in [3.63, 3.8) is 0 Å². The van der Waals surface area contributed by atoms with Gasteiger partial charge in [0.05, 0.1) is 0 Å². The van der Waals surface area contributed by atoms with Gasteiger partial charge in [-0.15, -0.1) is 0 Å². The van der Waals surface area contributed by atoms with Gasteiger partial charge in [0.1, 0.15) is 0 Å². The van der Waals surface area contributed by atoms with Crippen LogP contribution in [-0.2, 0) is 9.59 Å². The van der Waals surface area contributed by atoms with E-state index >= 15 is 0 Å². The molecule has 0 radical (unpaired) electrons. The highest BCUT2D eigenvalue weighted by Crippen LogP contribution is 2.29. The summed E-state index contributed by atoms with van der Waals surface area (Å²) < 4.78 is 0. The Bertz CT molecular complexity index is 476. The molecule has 2 amide bonds. The van der Waals surface area contributed by atoms with Gasteiger partial charge in [-0.1, -0.05) is 26.2 Å². The van der Waals surface area contributed by atoms with Crippen LogP contribution in [0.5, 0.6) is 0 Å². The summed E-state index contributed by atoms with van der Waals surface area (Å²) in [7, 11) is 0. The standard InChI is InChI=1S/C22H39N3O2/c1-2-14-25(20-12-13-23-16-20)22(27)18-8-10-19(11-9-18)24-21(26)15-17-6-4-3-5-7-17/h17-20,23H,2-16H2,1H3,(H,24,26). The van der Waals surface area contributed by atoms with Crippen LogP contribution in [0.3, 0.4) is 0 Å². The van der Waals surface area contributed by atoms with Gasteiger partial charge in [-0.3, -0.25) is 9.59 Å².